The van der Waals surface area contributed by atoms with Gasteiger partial charge in [-0.25, -0.2) is 23.7 Å². The van der Waals surface area contributed by atoms with E-state index in [0.717, 1.165) is 25.1 Å². The number of rotatable bonds is 11. The topological polar surface area (TPSA) is 196 Å². The molecule has 3 saturated heterocycles. The summed E-state index contributed by atoms with van der Waals surface area (Å²) in [6.07, 6.45) is 9.44. The van der Waals surface area contributed by atoms with Crippen LogP contribution in [0.15, 0.2) is 72.8 Å². The number of aromatic nitrogens is 6. The largest absolute Gasteiger partial charge is 0.389 e. The van der Waals surface area contributed by atoms with Crippen LogP contribution >= 0.6 is 11.3 Å². The number of anilines is 4. The van der Waals surface area contributed by atoms with Crippen molar-refractivity contribution in [3.63, 3.8) is 0 Å². The van der Waals surface area contributed by atoms with E-state index in [9.17, 15) is 24.3 Å². The Morgan fingerprint density at radius 3 is 2.52 bits per heavy atom. The number of carbonyl (C=O) groups excluding carboxylic acids is 4. The lowest BCUT2D eigenvalue weighted by atomic mass is 9.87. The summed E-state index contributed by atoms with van der Waals surface area (Å²) in [6.45, 7) is 3.45. The van der Waals surface area contributed by atoms with Gasteiger partial charge in [0.1, 0.15) is 23.2 Å². The molecule has 4 N–H and O–H groups in total. The van der Waals surface area contributed by atoms with Crippen molar-refractivity contribution < 1.29 is 33.1 Å². The second kappa shape index (κ2) is 17.3. The highest BCUT2D eigenvalue weighted by Gasteiger charge is 2.38. The molecule has 8 heterocycles. The SMILES string of the molecule is O=C1CCC(Nc2ccc(N3CCC(O)(CC(=O)N4CCN(c5ccc(-c6ccc7cn(C(C(=O)Nc8nccs8)c8ncn9c8CCC9)nc7c6F)cn5)CC4)CC3)c(F)c2)C(=O)N1. The highest BCUT2D eigenvalue weighted by molar-refractivity contribution is 7.13. The van der Waals surface area contributed by atoms with E-state index in [0.29, 0.717) is 103 Å². The molecule has 4 aliphatic rings. The Morgan fingerprint density at radius 1 is 0.954 bits per heavy atom. The van der Waals surface area contributed by atoms with Crippen LogP contribution in [0.4, 0.5) is 31.1 Å². The van der Waals surface area contributed by atoms with E-state index >= 15 is 8.78 Å². The van der Waals surface area contributed by atoms with Crippen molar-refractivity contribution in [3.8, 4) is 11.1 Å². The van der Waals surface area contributed by atoms with Crippen LogP contribution in [0.25, 0.3) is 22.0 Å². The van der Waals surface area contributed by atoms with Gasteiger partial charge in [-0.3, -0.25) is 34.5 Å². The minimum Gasteiger partial charge on any atom is -0.389 e. The minimum atomic E-state index is -1.22. The summed E-state index contributed by atoms with van der Waals surface area (Å²) in [4.78, 5) is 69.9. The van der Waals surface area contributed by atoms with E-state index in [2.05, 4.69) is 40.9 Å². The standard InChI is InChI=1S/C45H46F2N12O5S/c46-31-22-29(51-32-7-10-36(60)52-42(32)62)5-8-33(31)55-15-11-45(64,12-16-55)23-37(61)57-19-17-56(18-20-57)35-9-4-27(24-49-35)30-6-3-28-25-59(54-39(28)38(30)47)41(43(63)53-44-48-13-21-65-44)40-34-2-1-14-58(34)26-50-40/h3-6,8-9,13,21-22,24-26,32,41,51,64H,1-2,7,10-12,14-20,23H2,(H,48,53,63)(H,52,60,62). The Morgan fingerprint density at radius 2 is 1.78 bits per heavy atom. The van der Waals surface area contributed by atoms with Crippen molar-refractivity contribution in [2.75, 3.05) is 59.7 Å². The fraction of sp³-hybridized carbons (Fsp3) is 0.378. The quantitative estimate of drug-likeness (QED) is 0.133. The number of imide groups is 1. The third-order valence-electron chi connectivity index (χ3n) is 12.9. The number of hydrogen-bond donors (Lipinski definition) is 4. The molecule has 0 spiro atoms. The smallest absolute Gasteiger partial charge is 0.257 e. The molecule has 6 aromatic rings. The molecule has 0 radical (unpaired) electrons. The normalized spacial score (nSPS) is 19.0. The Bertz CT molecular complexity index is 2780. The Balaban J connectivity index is 0.743. The molecule has 0 bridgehead atoms. The zero-order valence-corrected chi connectivity index (χ0v) is 36.1. The maximum Gasteiger partial charge on any atom is 0.257 e. The third kappa shape index (κ3) is 8.50. The van der Waals surface area contributed by atoms with Gasteiger partial charge in [0.2, 0.25) is 17.7 Å². The zero-order valence-electron chi connectivity index (χ0n) is 35.3. The van der Waals surface area contributed by atoms with Crippen molar-refractivity contribution in [2.45, 2.75) is 69.2 Å². The molecule has 4 aromatic heterocycles. The minimum absolute atomic E-state index is 0.0366. The van der Waals surface area contributed by atoms with Gasteiger partial charge < -0.3 is 29.7 Å². The summed E-state index contributed by atoms with van der Waals surface area (Å²) in [7, 11) is 0. The molecule has 2 unspecified atom stereocenters. The van der Waals surface area contributed by atoms with E-state index < -0.39 is 35.2 Å². The van der Waals surface area contributed by atoms with Crippen molar-refractivity contribution in [3.05, 3.63) is 95.8 Å². The van der Waals surface area contributed by atoms with Crippen LogP contribution in [0.5, 0.6) is 0 Å². The number of thiazole rings is 1. The average molecular weight is 905 g/mol. The number of fused-ring (bicyclic) bond motifs is 2. The molecule has 0 aliphatic carbocycles. The Hall–Kier alpha value is -6.80. The lowest BCUT2D eigenvalue weighted by molar-refractivity contribution is -0.138. The molecular formula is C45H46F2N12O5S. The van der Waals surface area contributed by atoms with Crippen molar-refractivity contribution in [1.82, 2.24) is 39.5 Å². The lowest BCUT2D eigenvalue weighted by Gasteiger charge is -2.41. The first-order valence-corrected chi connectivity index (χ1v) is 22.6. The summed E-state index contributed by atoms with van der Waals surface area (Å²) in [5.41, 5.74) is 2.10. The first kappa shape index (κ1) is 42.2. The van der Waals surface area contributed by atoms with Gasteiger partial charge in [-0.15, -0.1) is 11.3 Å². The van der Waals surface area contributed by atoms with E-state index in [1.54, 1.807) is 65.5 Å². The molecule has 4 amide bonds. The first-order chi connectivity index (χ1) is 31.5. The van der Waals surface area contributed by atoms with Crippen LogP contribution in [-0.2, 0) is 32.1 Å². The molecule has 3 fully saturated rings. The maximum absolute atomic E-state index is 16.3. The summed E-state index contributed by atoms with van der Waals surface area (Å²) < 4.78 is 35.1. The third-order valence-corrected chi connectivity index (χ3v) is 13.6. The molecule has 20 heteroatoms. The monoisotopic (exact) mass is 904 g/mol. The van der Waals surface area contributed by atoms with Crippen LogP contribution < -0.4 is 25.8 Å². The molecular weight excluding hydrogens is 859 g/mol. The van der Waals surface area contributed by atoms with E-state index in [4.69, 9.17) is 0 Å². The molecule has 10 rings (SSSR count). The second-order valence-corrected chi connectivity index (χ2v) is 17.9. The van der Waals surface area contributed by atoms with Gasteiger partial charge in [0.15, 0.2) is 17.0 Å². The number of aryl methyl sites for hydroxylation is 1. The van der Waals surface area contributed by atoms with Gasteiger partial charge in [-0.1, -0.05) is 12.1 Å². The van der Waals surface area contributed by atoms with Crippen molar-refractivity contribution in [2.24, 2.45) is 0 Å². The van der Waals surface area contributed by atoms with Crippen LogP contribution in [-0.4, -0.2) is 114 Å². The molecule has 2 aromatic carbocycles. The maximum atomic E-state index is 16.3. The predicted molar refractivity (Wildman–Crippen MR) is 238 cm³/mol. The second-order valence-electron chi connectivity index (χ2n) is 17.1. The number of amides is 4. The molecule has 65 heavy (non-hydrogen) atoms. The lowest BCUT2D eigenvalue weighted by Crippen LogP contribution is -2.52. The van der Waals surface area contributed by atoms with Gasteiger partial charge in [0, 0.05) is 104 Å². The summed E-state index contributed by atoms with van der Waals surface area (Å²) in [5.74, 6) is -1.60. The van der Waals surface area contributed by atoms with Crippen molar-refractivity contribution >= 4 is 68.2 Å². The van der Waals surface area contributed by atoms with E-state index in [1.165, 1.54) is 22.1 Å². The van der Waals surface area contributed by atoms with Gasteiger partial charge >= 0.3 is 0 Å². The summed E-state index contributed by atoms with van der Waals surface area (Å²) >= 11 is 1.30. The molecule has 4 aliphatic heterocycles. The number of benzene rings is 2. The van der Waals surface area contributed by atoms with Crippen molar-refractivity contribution in [1.29, 1.82) is 0 Å². The fourth-order valence-corrected chi connectivity index (χ4v) is 9.86. The Kier molecular flexibility index (Phi) is 11.2. The Labute approximate surface area is 375 Å². The number of pyridine rings is 1. The van der Waals surface area contributed by atoms with Crippen LogP contribution in [0.3, 0.4) is 0 Å². The number of halogens is 2. The molecule has 0 saturated carbocycles. The first-order valence-electron chi connectivity index (χ1n) is 21.8. The highest BCUT2D eigenvalue weighted by atomic mass is 32.1. The number of hydrogen-bond acceptors (Lipinski definition) is 13. The van der Waals surface area contributed by atoms with Gasteiger partial charge in [0.05, 0.1) is 29.7 Å². The van der Waals surface area contributed by atoms with E-state index in [-0.39, 0.29) is 36.1 Å². The number of nitrogens with zero attached hydrogens (tertiary/aromatic N) is 9. The highest BCUT2D eigenvalue weighted by Crippen LogP contribution is 2.35. The number of nitrogens with one attached hydrogen (secondary N) is 3. The van der Waals surface area contributed by atoms with Gasteiger partial charge in [0.25, 0.3) is 5.91 Å². The number of piperazine rings is 1. The number of carbonyl (C=O) groups is 4. The van der Waals surface area contributed by atoms with E-state index in [1.807, 2.05) is 15.5 Å². The van der Waals surface area contributed by atoms with Crippen LogP contribution in [0.2, 0.25) is 0 Å². The summed E-state index contributed by atoms with van der Waals surface area (Å²) in [6, 6.07) is 10.2. The number of imidazole rings is 1. The number of piperidine rings is 2. The molecule has 2 atom stereocenters. The number of aliphatic hydroxyl groups is 1. The van der Waals surface area contributed by atoms with Crippen LogP contribution in [0.1, 0.15) is 56.0 Å². The average Bonchev–Trinajstić information content (AvgIpc) is 4.14. The van der Waals surface area contributed by atoms with Crippen LogP contribution in [0, 0.1) is 11.6 Å². The molecule has 336 valence electrons. The summed E-state index contributed by atoms with van der Waals surface area (Å²) in [5, 5.41) is 27.0. The van der Waals surface area contributed by atoms with Gasteiger partial charge in [-0.05, 0) is 62.4 Å². The zero-order chi connectivity index (χ0) is 44.8. The fourth-order valence-electron chi connectivity index (χ4n) is 9.33. The molecule has 17 nitrogen and oxygen atoms in total. The van der Waals surface area contributed by atoms with Gasteiger partial charge in [-0.2, -0.15) is 5.10 Å². The predicted octanol–water partition coefficient (Wildman–Crippen LogP) is 4.49.